The zero-order valence-electron chi connectivity index (χ0n) is 10.2. The van der Waals surface area contributed by atoms with Crippen molar-refractivity contribution in [3.05, 3.63) is 45.0 Å². The minimum atomic E-state index is -4.09. The summed E-state index contributed by atoms with van der Waals surface area (Å²) < 4.78 is 13.3. The van der Waals surface area contributed by atoms with E-state index in [0.717, 1.165) is 0 Å². The summed E-state index contributed by atoms with van der Waals surface area (Å²) in [4.78, 5) is 42.0. The van der Waals surface area contributed by atoms with Gasteiger partial charge in [-0.2, -0.15) is 0 Å². The Morgan fingerprint density at radius 3 is 2.75 bits per heavy atom. The van der Waals surface area contributed by atoms with Gasteiger partial charge in [-0.05, 0) is 0 Å². The molecule has 108 valence electrons. The molecule has 3 N–H and O–H groups in total. The Hall–Kier alpha value is -2.03. The first-order valence-electron chi connectivity index (χ1n) is 5.57. The summed E-state index contributed by atoms with van der Waals surface area (Å²) in [5, 5.41) is 7.48. The predicted molar refractivity (Wildman–Crippen MR) is 67.4 cm³/mol. The number of aryl methyl sites for hydroxylation is 1. The largest absolute Gasteiger partial charge is 0.328 e. The number of nitrogens with zero attached hydrogens (tertiary/aromatic N) is 4. The molecule has 0 amide bonds. The summed E-state index contributed by atoms with van der Waals surface area (Å²) in [5.74, 6) is 0. The lowest BCUT2D eigenvalue weighted by Gasteiger charge is -2.02. The summed E-state index contributed by atoms with van der Waals surface area (Å²) >= 11 is 0. The number of H-pyrrole nitrogens is 1. The zero-order chi connectivity index (χ0) is 14.8. The highest BCUT2D eigenvalue weighted by Gasteiger charge is 2.13. The number of aromatic nitrogens is 5. The molecule has 11 heteroatoms. The number of hydrogen-bond acceptors (Lipinski definition) is 5. The van der Waals surface area contributed by atoms with Crippen molar-refractivity contribution in [2.75, 3.05) is 6.16 Å². The van der Waals surface area contributed by atoms with Gasteiger partial charge in [0.1, 0.15) is 5.69 Å². The van der Waals surface area contributed by atoms with Crippen molar-refractivity contribution in [1.29, 1.82) is 0 Å². The van der Waals surface area contributed by atoms with E-state index in [1.54, 1.807) is 0 Å². The van der Waals surface area contributed by atoms with E-state index in [-0.39, 0.29) is 19.3 Å². The molecule has 0 radical (unpaired) electrons. The van der Waals surface area contributed by atoms with E-state index in [2.05, 4.69) is 15.3 Å². The first-order valence-corrected chi connectivity index (χ1v) is 7.36. The molecule has 2 rings (SSSR count). The number of hydrogen-bond donors (Lipinski definition) is 3. The van der Waals surface area contributed by atoms with E-state index in [1.165, 1.54) is 27.7 Å². The van der Waals surface area contributed by atoms with Gasteiger partial charge in [0, 0.05) is 12.3 Å². The molecule has 0 unspecified atom stereocenters. The van der Waals surface area contributed by atoms with Gasteiger partial charge in [-0.15, -0.1) is 5.10 Å². The molecule has 0 atom stereocenters. The van der Waals surface area contributed by atoms with Crippen LogP contribution in [0.3, 0.4) is 0 Å². The van der Waals surface area contributed by atoms with Gasteiger partial charge in [0.25, 0.3) is 5.56 Å². The SMILES string of the molecule is O=c1ccn(Cc2cn(CCP(=O)(O)O)nn2)c(=O)[nH]1. The van der Waals surface area contributed by atoms with Crippen molar-refractivity contribution >= 4 is 7.60 Å². The molecule has 0 aliphatic heterocycles. The third-order valence-electron chi connectivity index (χ3n) is 2.44. The lowest BCUT2D eigenvalue weighted by Crippen LogP contribution is -2.28. The molecule has 0 spiro atoms. The second kappa shape index (κ2) is 5.53. The first kappa shape index (κ1) is 14.4. The van der Waals surface area contributed by atoms with Crippen molar-refractivity contribution in [1.82, 2.24) is 24.5 Å². The van der Waals surface area contributed by atoms with Gasteiger partial charge in [-0.3, -0.25) is 23.6 Å². The van der Waals surface area contributed by atoms with E-state index in [4.69, 9.17) is 9.79 Å². The van der Waals surface area contributed by atoms with Crippen molar-refractivity contribution in [2.45, 2.75) is 13.1 Å². The maximum absolute atomic E-state index is 11.5. The quantitative estimate of drug-likeness (QED) is 0.561. The average Bonchev–Trinajstić information content (AvgIpc) is 2.77. The predicted octanol–water partition coefficient (Wildman–Crippen LogP) is -1.65. The van der Waals surface area contributed by atoms with Crippen LogP contribution in [-0.2, 0) is 17.7 Å². The van der Waals surface area contributed by atoms with Gasteiger partial charge in [0.2, 0.25) is 0 Å². The van der Waals surface area contributed by atoms with E-state index in [9.17, 15) is 14.2 Å². The number of aromatic amines is 1. The standard InChI is InChI=1S/C9H12N5O5P/c15-8-1-2-13(9(16)10-8)5-7-6-14(12-11-7)3-4-20(17,18)19/h1-2,6H,3-5H2,(H,10,15,16)(H2,17,18,19). The van der Waals surface area contributed by atoms with E-state index in [1.807, 2.05) is 0 Å². The van der Waals surface area contributed by atoms with Gasteiger partial charge in [-0.1, -0.05) is 5.21 Å². The van der Waals surface area contributed by atoms with Crippen LogP contribution in [-0.4, -0.2) is 40.5 Å². The Bertz CT molecular complexity index is 756. The molecule has 0 saturated carbocycles. The normalized spacial score (nSPS) is 11.7. The van der Waals surface area contributed by atoms with Crippen molar-refractivity contribution in [3.8, 4) is 0 Å². The molecule has 0 fully saturated rings. The van der Waals surface area contributed by atoms with Crippen LogP contribution in [0.4, 0.5) is 0 Å². The highest BCUT2D eigenvalue weighted by atomic mass is 31.2. The number of nitrogens with one attached hydrogen (secondary N) is 1. The van der Waals surface area contributed by atoms with Gasteiger partial charge in [0.05, 0.1) is 25.4 Å². The Balaban J connectivity index is 2.08. The molecule has 0 aliphatic carbocycles. The third-order valence-corrected chi connectivity index (χ3v) is 3.22. The Morgan fingerprint density at radius 2 is 2.10 bits per heavy atom. The third kappa shape index (κ3) is 3.98. The average molecular weight is 301 g/mol. The van der Waals surface area contributed by atoms with Crippen LogP contribution >= 0.6 is 7.60 Å². The van der Waals surface area contributed by atoms with Crippen LogP contribution in [0.1, 0.15) is 5.69 Å². The van der Waals surface area contributed by atoms with Crippen molar-refractivity contribution < 1.29 is 14.4 Å². The summed E-state index contributed by atoms with van der Waals surface area (Å²) in [6.45, 7) is 0.128. The lowest BCUT2D eigenvalue weighted by molar-refractivity contribution is 0.368. The van der Waals surface area contributed by atoms with Crippen LogP contribution < -0.4 is 11.2 Å². The zero-order valence-corrected chi connectivity index (χ0v) is 11.1. The van der Waals surface area contributed by atoms with Crippen LogP contribution in [0, 0.1) is 0 Å². The second-order valence-electron chi connectivity index (χ2n) is 4.10. The molecule has 0 saturated heterocycles. The summed E-state index contributed by atoms with van der Waals surface area (Å²) in [7, 11) is -4.09. The van der Waals surface area contributed by atoms with Crippen molar-refractivity contribution in [3.63, 3.8) is 0 Å². The van der Waals surface area contributed by atoms with Gasteiger partial charge in [0.15, 0.2) is 0 Å². The second-order valence-corrected chi connectivity index (χ2v) is 5.88. The molecule has 2 aromatic rings. The van der Waals surface area contributed by atoms with Gasteiger partial charge >= 0.3 is 13.3 Å². The summed E-state index contributed by atoms with van der Waals surface area (Å²) in [5.41, 5.74) is -0.622. The topological polar surface area (TPSA) is 143 Å². The fourth-order valence-electron chi connectivity index (χ4n) is 1.50. The molecule has 0 bridgehead atoms. The van der Waals surface area contributed by atoms with E-state index < -0.39 is 18.8 Å². The van der Waals surface area contributed by atoms with Gasteiger partial charge < -0.3 is 9.79 Å². The van der Waals surface area contributed by atoms with Crippen LogP contribution in [0.15, 0.2) is 28.0 Å². The smallest absolute Gasteiger partial charge is 0.324 e. The van der Waals surface area contributed by atoms with E-state index >= 15 is 0 Å². The van der Waals surface area contributed by atoms with E-state index in [0.29, 0.717) is 5.69 Å². The molecule has 10 nitrogen and oxygen atoms in total. The maximum Gasteiger partial charge on any atom is 0.328 e. The Labute approximate surface area is 111 Å². The van der Waals surface area contributed by atoms with Crippen LogP contribution in [0.25, 0.3) is 0 Å². The minimum Gasteiger partial charge on any atom is -0.324 e. The van der Waals surface area contributed by atoms with Crippen LogP contribution in [0.5, 0.6) is 0 Å². The maximum atomic E-state index is 11.5. The molecule has 20 heavy (non-hydrogen) atoms. The van der Waals surface area contributed by atoms with Crippen molar-refractivity contribution in [2.24, 2.45) is 0 Å². The molecular formula is C9H12N5O5P. The number of rotatable bonds is 5. The fourth-order valence-corrected chi connectivity index (χ4v) is 1.96. The Morgan fingerprint density at radius 1 is 1.35 bits per heavy atom. The molecule has 0 aliphatic rings. The monoisotopic (exact) mass is 301 g/mol. The highest BCUT2D eigenvalue weighted by Crippen LogP contribution is 2.33. The lowest BCUT2D eigenvalue weighted by atomic mass is 10.4. The Kier molecular flexibility index (Phi) is 3.98. The summed E-state index contributed by atoms with van der Waals surface area (Å²) in [6, 6.07) is 1.21. The fraction of sp³-hybridized carbons (Fsp3) is 0.333. The van der Waals surface area contributed by atoms with Crippen LogP contribution in [0.2, 0.25) is 0 Å². The first-order chi connectivity index (χ1) is 9.33. The van der Waals surface area contributed by atoms with Gasteiger partial charge in [-0.25, -0.2) is 4.79 Å². The highest BCUT2D eigenvalue weighted by molar-refractivity contribution is 7.51. The molecule has 2 aromatic heterocycles. The minimum absolute atomic E-state index is 0.0256. The molecular weight excluding hydrogens is 289 g/mol. The molecule has 0 aromatic carbocycles. The molecule has 2 heterocycles. The summed E-state index contributed by atoms with van der Waals surface area (Å²) in [6.07, 6.45) is 2.47.